The van der Waals surface area contributed by atoms with Crippen LogP contribution < -0.4 is 11.1 Å². The lowest BCUT2D eigenvalue weighted by atomic mass is 10.6. The number of thioether (sulfide) groups is 1. The van der Waals surface area contributed by atoms with Gasteiger partial charge in [-0.15, -0.1) is 0 Å². The number of rotatable bonds is 4. The molecule has 1 heterocycles. The SMILES string of the molecule is CSCCNc1cnc(N)cn1. The second-order valence-electron chi connectivity index (χ2n) is 2.25. The third-order valence-electron chi connectivity index (χ3n) is 1.28. The Balaban J connectivity index is 2.37. The Hall–Kier alpha value is -0.970. The summed E-state index contributed by atoms with van der Waals surface area (Å²) in [4.78, 5) is 7.95. The van der Waals surface area contributed by atoms with Crippen molar-refractivity contribution in [2.75, 3.05) is 29.6 Å². The molecule has 0 radical (unpaired) electrons. The molecule has 0 aromatic carbocycles. The van der Waals surface area contributed by atoms with Crippen LogP contribution in [0.25, 0.3) is 0 Å². The zero-order valence-electron chi connectivity index (χ0n) is 6.95. The van der Waals surface area contributed by atoms with Crippen molar-refractivity contribution in [3.63, 3.8) is 0 Å². The first-order chi connectivity index (χ1) is 5.83. The van der Waals surface area contributed by atoms with Crippen LogP contribution in [0.3, 0.4) is 0 Å². The molecule has 0 saturated carbocycles. The van der Waals surface area contributed by atoms with Gasteiger partial charge in [-0.25, -0.2) is 9.97 Å². The lowest BCUT2D eigenvalue weighted by Crippen LogP contribution is -2.06. The number of nitrogens with one attached hydrogen (secondary N) is 1. The first kappa shape index (κ1) is 9.12. The molecule has 0 aliphatic rings. The van der Waals surface area contributed by atoms with Crippen molar-refractivity contribution in [3.8, 4) is 0 Å². The molecule has 0 fully saturated rings. The van der Waals surface area contributed by atoms with E-state index in [1.807, 2.05) is 0 Å². The zero-order valence-corrected chi connectivity index (χ0v) is 7.77. The van der Waals surface area contributed by atoms with Gasteiger partial charge in [-0.3, -0.25) is 0 Å². The summed E-state index contributed by atoms with van der Waals surface area (Å²) in [6.07, 6.45) is 5.24. The number of nitrogen functional groups attached to an aromatic ring is 1. The molecule has 0 bridgehead atoms. The van der Waals surface area contributed by atoms with Crippen LogP contribution in [0.1, 0.15) is 0 Å². The van der Waals surface area contributed by atoms with Crippen molar-refractivity contribution in [1.29, 1.82) is 0 Å². The van der Waals surface area contributed by atoms with E-state index in [-0.39, 0.29) is 0 Å². The van der Waals surface area contributed by atoms with Gasteiger partial charge < -0.3 is 11.1 Å². The lowest BCUT2D eigenvalue weighted by Gasteiger charge is -2.02. The average molecular weight is 184 g/mol. The summed E-state index contributed by atoms with van der Waals surface area (Å²) in [5.41, 5.74) is 5.38. The van der Waals surface area contributed by atoms with E-state index in [4.69, 9.17) is 5.73 Å². The molecule has 0 aliphatic heterocycles. The Morgan fingerprint density at radius 1 is 1.50 bits per heavy atom. The Bertz CT molecular complexity index is 223. The van der Waals surface area contributed by atoms with Gasteiger partial charge in [-0.1, -0.05) is 0 Å². The monoisotopic (exact) mass is 184 g/mol. The van der Waals surface area contributed by atoms with Crippen molar-refractivity contribution >= 4 is 23.4 Å². The van der Waals surface area contributed by atoms with E-state index in [0.717, 1.165) is 18.1 Å². The summed E-state index contributed by atoms with van der Waals surface area (Å²) in [5, 5.41) is 3.12. The molecule has 5 heteroatoms. The summed E-state index contributed by atoms with van der Waals surface area (Å²) < 4.78 is 0. The van der Waals surface area contributed by atoms with Crippen LogP contribution in [-0.4, -0.2) is 28.5 Å². The van der Waals surface area contributed by atoms with Crippen LogP contribution in [0.5, 0.6) is 0 Å². The van der Waals surface area contributed by atoms with Gasteiger partial charge in [0.1, 0.15) is 11.6 Å². The van der Waals surface area contributed by atoms with Crippen molar-refractivity contribution < 1.29 is 0 Å². The number of anilines is 2. The van der Waals surface area contributed by atoms with Crippen molar-refractivity contribution in [2.45, 2.75) is 0 Å². The van der Waals surface area contributed by atoms with Crippen LogP contribution in [0.4, 0.5) is 11.6 Å². The topological polar surface area (TPSA) is 63.8 Å². The molecule has 0 spiro atoms. The third kappa shape index (κ3) is 2.96. The molecule has 0 amide bonds. The molecule has 1 rings (SSSR count). The second-order valence-corrected chi connectivity index (χ2v) is 3.23. The Kier molecular flexibility index (Phi) is 3.66. The predicted octanol–water partition coefficient (Wildman–Crippen LogP) is 0.834. The van der Waals surface area contributed by atoms with Gasteiger partial charge in [-0.2, -0.15) is 11.8 Å². The first-order valence-corrected chi connectivity index (χ1v) is 5.02. The quantitative estimate of drug-likeness (QED) is 0.679. The fourth-order valence-electron chi connectivity index (χ4n) is 0.710. The Morgan fingerprint density at radius 2 is 2.33 bits per heavy atom. The Morgan fingerprint density at radius 3 is 2.92 bits per heavy atom. The van der Waals surface area contributed by atoms with Gasteiger partial charge in [-0.05, 0) is 6.26 Å². The van der Waals surface area contributed by atoms with E-state index in [1.54, 1.807) is 24.2 Å². The molecule has 0 atom stereocenters. The minimum Gasteiger partial charge on any atom is -0.382 e. The summed E-state index contributed by atoms with van der Waals surface area (Å²) in [7, 11) is 0. The highest BCUT2D eigenvalue weighted by atomic mass is 32.2. The van der Waals surface area contributed by atoms with Gasteiger partial charge >= 0.3 is 0 Å². The molecule has 4 nitrogen and oxygen atoms in total. The van der Waals surface area contributed by atoms with Gasteiger partial charge in [0.15, 0.2) is 0 Å². The van der Waals surface area contributed by atoms with Gasteiger partial charge in [0.25, 0.3) is 0 Å². The molecule has 1 aromatic rings. The summed E-state index contributed by atoms with van der Waals surface area (Å²) in [6.45, 7) is 0.903. The molecule has 0 saturated heterocycles. The van der Waals surface area contributed by atoms with E-state index in [2.05, 4.69) is 21.5 Å². The van der Waals surface area contributed by atoms with Crippen LogP contribution in [0.2, 0.25) is 0 Å². The molecule has 3 N–H and O–H groups in total. The predicted molar refractivity (Wildman–Crippen MR) is 53.3 cm³/mol. The first-order valence-electron chi connectivity index (χ1n) is 3.63. The highest BCUT2D eigenvalue weighted by Crippen LogP contribution is 2.01. The smallest absolute Gasteiger partial charge is 0.144 e. The van der Waals surface area contributed by atoms with Crippen LogP contribution in [-0.2, 0) is 0 Å². The maximum Gasteiger partial charge on any atom is 0.144 e. The van der Waals surface area contributed by atoms with Crippen molar-refractivity contribution in [2.24, 2.45) is 0 Å². The normalized spacial score (nSPS) is 9.75. The Labute approximate surface area is 76.0 Å². The summed E-state index contributed by atoms with van der Waals surface area (Å²) >= 11 is 1.79. The fraction of sp³-hybridized carbons (Fsp3) is 0.429. The number of hydrogen-bond acceptors (Lipinski definition) is 5. The van der Waals surface area contributed by atoms with Crippen LogP contribution in [0, 0.1) is 0 Å². The van der Waals surface area contributed by atoms with E-state index < -0.39 is 0 Å². The lowest BCUT2D eigenvalue weighted by molar-refractivity contribution is 1.13. The van der Waals surface area contributed by atoms with E-state index in [9.17, 15) is 0 Å². The van der Waals surface area contributed by atoms with Gasteiger partial charge in [0.2, 0.25) is 0 Å². The van der Waals surface area contributed by atoms with Gasteiger partial charge in [0, 0.05) is 12.3 Å². The number of aromatic nitrogens is 2. The molecule has 12 heavy (non-hydrogen) atoms. The minimum atomic E-state index is 0.449. The van der Waals surface area contributed by atoms with Crippen LogP contribution in [0.15, 0.2) is 12.4 Å². The molecule has 0 unspecified atom stereocenters. The highest BCUT2D eigenvalue weighted by Gasteiger charge is 1.92. The largest absolute Gasteiger partial charge is 0.382 e. The molecule has 1 aromatic heterocycles. The standard InChI is InChI=1S/C7H12N4S/c1-12-3-2-9-7-5-10-6(8)4-11-7/h4-5H,2-3H2,1H3,(H2,8,10)(H,9,11). The van der Waals surface area contributed by atoms with E-state index >= 15 is 0 Å². The minimum absolute atomic E-state index is 0.449. The molecular weight excluding hydrogens is 172 g/mol. The fourth-order valence-corrected chi connectivity index (χ4v) is 1.02. The third-order valence-corrected chi connectivity index (χ3v) is 1.90. The highest BCUT2D eigenvalue weighted by molar-refractivity contribution is 7.98. The van der Waals surface area contributed by atoms with E-state index in [0.29, 0.717) is 5.82 Å². The van der Waals surface area contributed by atoms with Crippen molar-refractivity contribution in [1.82, 2.24) is 9.97 Å². The number of nitrogens with zero attached hydrogens (tertiary/aromatic N) is 2. The zero-order chi connectivity index (χ0) is 8.81. The summed E-state index contributed by atoms with van der Waals surface area (Å²) in [5.74, 6) is 2.29. The molecule has 0 aliphatic carbocycles. The maximum atomic E-state index is 5.38. The van der Waals surface area contributed by atoms with Crippen LogP contribution >= 0.6 is 11.8 Å². The molecular formula is C7H12N4S. The average Bonchev–Trinajstić information content (AvgIpc) is 2.09. The number of hydrogen-bond donors (Lipinski definition) is 2. The number of nitrogens with two attached hydrogens (primary N) is 1. The van der Waals surface area contributed by atoms with E-state index in [1.165, 1.54) is 0 Å². The molecule has 66 valence electrons. The maximum absolute atomic E-state index is 5.38. The summed E-state index contributed by atoms with van der Waals surface area (Å²) in [6, 6.07) is 0. The van der Waals surface area contributed by atoms with Crippen molar-refractivity contribution in [3.05, 3.63) is 12.4 Å². The van der Waals surface area contributed by atoms with Gasteiger partial charge in [0.05, 0.1) is 12.4 Å². The second kappa shape index (κ2) is 4.82.